The van der Waals surface area contributed by atoms with Gasteiger partial charge in [-0.3, -0.25) is 4.79 Å². The molecule has 0 fully saturated rings. The summed E-state index contributed by atoms with van der Waals surface area (Å²) < 4.78 is 54.5. The Labute approximate surface area is 197 Å². The largest absolute Gasteiger partial charge is 0.420 e. The minimum Gasteiger partial charge on any atom is -0.398 e. The van der Waals surface area contributed by atoms with Crippen LogP contribution in [0.25, 0.3) is 16.9 Å². The van der Waals surface area contributed by atoms with E-state index in [9.17, 15) is 22.4 Å². The first-order valence-electron chi connectivity index (χ1n) is 9.23. The van der Waals surface area contributed by atoms with Crippen LogP contribution < -0.4 is 11.1 Å². The van der Waals surface area contributed by atoms with Gasteiger partial charge in [-0.25, -0.2) is 9.37 Å². The molecule has 3 N–H and O–H groups in total. The summed E-state index contributed by atoms with van der Waals surface area (Å²) in [6.07, 6.45) is -1.21. The highest BCUT2D eigenvalue weighted by molar-refractivity contribution is 14.1. The second kappa shape index (κ2) is 8.77. The third-order valence-electron chi connectivity index (χ3n) is 4.58. The van der Waals surface area contributed by atoms with Gasteiger partial charge in [0.1, 0.15) is 11.4 Å². The second-order valence-electron chi connectivity index (χ2n) is 6.79. The van der Waals surface area contributed by atoms with Gasteiger partial charge in [0.05, 0.1) is 29.8 Å². The smallest absolute Gasteiger partial charge is 0.398 e. The maximum absolute atomic E-state index is 13.6. The molecule has 7 nitrogen and oxygen atoms in total. The van der Waals surface area contributed by atoms with Crippen molar-refractivity contribution in [3.05, 3.63) is 81.6 Å². The first-order chi connectivity index (χ1) is 15.6. The number of nitrogens with zero attached hydrogens (tertiary/aromatic N) is 4. The highest BCUT2D eigenvalue weighted by Crippen LogP contribution is 2.34. The van der Waals surface area contributed by atoms with Crippen LogP contribution >= 0.6 is 22.6 Å². The fraction of sp³-hybridized carbons (Fsp3) is 0.0476. The third kappa shape index (κ3) is 4.79. The molecule has 0 saturated heterocycles. The number of hydrogen-bond donors (Lipinski definition) is 2. The minimum absolute atomic E-state index is 0.147. The van der Waals surface area contributed by atoms with Gasteiger partial charge in [-0.1, -0.05) is 6.07 Å². The van der Waals surface area contributed by atoms with Crippen LogP contribution in [0.1, 0.15) is 15.9 Å². The molecule has 1 amide bonds. The molecule has 0 spiro atoms. The Kier molecular flexibility index (Phi) is 6.01. The lowest BCUT2D eigenvalue weighted by Gasteiger charge is -2.14. The van der Waals surface area contributed by atoms with Crippen molar-refractivity contribution in [3.8, 4) is 16.9 Å². The minimum atomic E-state index is -4.75. The molecule has 0 aliphatic rings. The number of hydrogen-bond acceptors (Lipinski definition) is 5. The van der Waals surface area contributed by atoms with E-state index < -0.39 is 29.3 Å². The van der Waals surface area contributed by atoms with E-state index in [-0.39, 0.29) is 16.9 Å². The molecule has 4 rings (SSSR count). The summed E-state index contributed by atoms with van der Waals surface area (Å²) in [6, 6.07) is 9.55. The number of carbonyl (C=O) groups excluding carboxylic acids is 1. The molecule has 2 heterocycles. The first-order valence-corrected chi connectivity index (χ1v) is 10.3. The summed E-state index contributed by atoms with van der Waals surface area (Å²) in [5.74, 6) is -1.61. The molecular formula is C21H13F4IN6O. The van der Waals surface area contributed by atoms with Crippen molar-refractivity contribution in [2.24, 2.45) is 0 Å². The van der Waals surface area contributed by atoms with E-state index in [0.717, 1.165) is 17.1 Å². The van der Waals surface area contributed by atoms with Gasteiger partial charge in [-0.15, -0.1) is 4.80 Å². The molecule has 0 bridgehead atoms. The zero-order valence-corrected chi connectivity index (χ0v) is 18.6. The Morgan fingerprint density at radius 1 is 1.06 bits per heavy atom. The number of rotatable bonds is 4. The summed E-state index contributed by atoms with van der Waals surface area (Å²) in [6.45, 7) is 0. The monoisotopic (exact) mass is 568 g/mol. The molecule has 0 aliphatic carbocycles. The van der Waals surface area contributed by atoms with Crippen molar-refractivity contribution in [2.75, 3.05) is 11.1 Å². The highest BCUT2D eigenvalue weighted by atomic mass is 127. The van der Waals surface area contributed by atoms with Crippen LogP contribution in [0.3, 0.4) is 0 Å². The summed E-state index contributed by atoms with van der Waals surface area (Å²) in [5, 5.41) is 9.79. The van der Waals surface area contributed by atoms with Crippen molar-refractivity contribution >= 4 is 39.9 Å². The number of nitrogen functional groups attached to an aromatic ring is 1. The van der Waals surface area contributed by atoms with E-state index in [0.29, 0.717) is 14.7 Å². The van der Waals surface area contributed by atoms with Gasteiger partial charge in [0, 0.05) is 14.8 Å². The van der Waals surface area contributed by atoms with E-state index in [1.807, 2.05) is 22.6 Å². The lowest BCUT2D eigenvalue weighted by atomic mass is 10.0. The lowest BCUT2D eigenvalue weighted by molar-refractivity contribution is -0.137. The Morgan fingerprint density at radius 3 is 2.42 bits per heavy atom. The van der Waals surface area contributed by atoms with Crippen LogP contribution in [0.5, 0.6) is 0 Å². The molecule has 0 atom stereocenters. The van der Waals surface area contributed by atoms with Crippen molar-refractivity contribution in [2.45, 2.75) is 6.18 Å². The topological polar surface area (TPSA) is 98.7 Å². The Bertz CT molecular complexity index is 1340. The van der Waals surface area contributed by atoms with E-state index >= 15 is 0 Å². The van der Waals surface area contributed by atoms with Crippen LogP contribution in [0.2, 0.25) is 0 Å². The number of carbonyl (C=O) groups is 1. The molecule has 33 heavy (non-hydrogen) atoms. The molecular weight excluding hydrogens is 555 g/mol. The predicted molar refractivity (Wildman–Crippen MR) is 121 cm³/mol. The normalized spacial score (nSPS) is 11.4. The molecule has 4 aromatic rings. The Balaban J connectivity index is 1.62. The zero-order chi connectivity index (χ0) is 23.8. The number of halogens is 5. The fourth-order valence-corrected chi connectivity index (χ4v) is 3.84. The summed E-state index contributed by atoms with van der Waals surface area (Å²) in [4.78, 5) is 17.3. The lowest BCUT2D eigenvalue weighted by Crippen LogP contribution is -2.18. The van der Waals surface area contributed by atoms with Gasteiger partial charge in [0.15, 0.2) is 5.82 Å². The average Bonchev–Trinajstić information content (AvgIpc) is 3.27. The predicted octanol–water partition coefficient (Wildman–Crippen LogP) is 4.93. The second-order valence-corrected chi connectivity index (χ2v) is 7.95. The van der Waals surface area contributed by atoms with Gasteiger partial charge in [-0.2, -0.15) is 23.4 Å². The van der Waals surface area contributed by atoms with Crippen molar-refractivity contribution < 1.29 is 22.4 Å². The first kappa shape index (κ1) is 22.6. The van der Waals surface area contributed by atoms with Gasteiger partial charge in [-0.05, 0) is 64.6 Å². The quantitative estimate of drug-likeness (QED) is 0.207. The number of benzene rings is 2. The zero-order valence-electron chi connectivity index (χ0n) is 16.4. The fourth-order valence-electron chi connectivity index (χ4n) is 3.08. The van der Waals surface area contributed by atoms with Crippen molar-refractivity contribution in [1.82, 2.24) is 20.0 Å². The molecule has 168 valence electrons. The van der Waals surface area contributed by atoms with Crippen LogP contribution in [0.4, 0.5) is 28.9 Å². The Morgan fingerprint density at radius 2 is 1.79 bits per heavy atom. The molecule has 2 aromatic heterocycles. The maximum Gasteiger partial charge on any atom is 0.420 e. The summed E-state index contributed by atoms with van der Waals surface area (Å²) in [5.41, 5.74) is 6.33. The molecule has 0 radical (unpaired) electrons. The number of pyridine rings is 1. The average molecular weight is 568 g/mol. The van der Waals surface area contributed by atoms with Gasteiger partial charge >= 0.3 is 6.18 Å². The third-order valence-corrected chi connectivity index (χ3v) is 5.47. The van der Waals surface area contributed by atoms with Gasteiger partial charge in [0.2, 0.25) is 0 Å². The van der Waals surface area contributed by atoms with Gasteiger partial charge < -0.3 is 11.1 Å². The number of nitrogens with one attached hydrogen (secondary N) is 1. The summed E-state index contributed by atoms with van der Waals surface area (Å²) >= 11 is 1.93. The molecule has 0 unspecified atom stereocenters. The SMILES string of the molecule is Nc1cc(F)ccc1-c1ccc(C(=O)Nc2cnc(-n3nccn3)c(C(F)(F)F)c2)c(I)c1. The van der Waals surface area contributed by atoms with E-state index in [4.69, 9.17) is 5.73 Å². The maximum atomic E-state index is 13.6. The van der Waals surface area contributed by atoms with Crippen LogP contribution in [0, 0.1) is 9.39 Å². The highest BCUT2D eigenvalue weighted by Gasteiger charge is 2.36. The molecule has 0 saturated carbocycles. The summed E-state index contributed by atoms with van der Waals surface area (Å²) in [7, 11) is 0. The molecule has 12 heteroatoms. The van der Waals surface area contributed by atoms with E-state index in [1.165, 1.54) is 36.7 Å². The molecule has 0 aliphatic heterocycles. The van der Waals surface area contributed by atoms with E-state index in [2.05, 4.69) is 20.5 Å². The number of anilines is 2. The number of aromatic nitrogens is 4. The van der Waals surface area contributed by atoms with Crippen molar-refractivity contribution in [1.29, 1.82) is 0 Å². The van der Waals surface area contributed by atoms with Gasteiger partial charge in [0.25, 0.3) is 5.91 Å². The Hall–Kier alpha value is -3.55. The van der Waals surface area contributed by atoms with E-state index in [1.54, 1.807) is 12.1 Å². The van der Waals surface area contributed by atoms with Crippen molar-refractivity contribution in [3.63, 3.8) is 0 Å². The van der Waals surface area contributed by atoms with Crippen LogP contribution in [-0.2, 0) is 6.18 Å². The standard InChI is InChI=1S/C21H13F4IN6O/c22-12-2-4-14(18(27)8-12)11-1-3-15(17(26)7-11)20(33)31-13-9-16(21(23,24)25)19(28-10-13)32-29-5-6-30-32/h1-10H,27H2,(H,31,33). The number of nitrogens with two attached hydrogens (primary N) is 1. The number of alkyl halides is 3. The van der Waals surface area contributed by atoms with Crippen LogP contribution in [-0.4, -0.2) is 25.9 Å². The molecule has 2 aromatic carbocycles. The number of amides is 1. The van der Waals surface area contributed by atoms with Crippen LogP contribution in [0.15, 0.2) is 61.1 Å².